The van der Waals surface area contributed by atoms with Crippen LogP contribution in [0.1, 0.15) is 43.5 Å². The van der Waals surface area contributed by atoms with Gasteiger partial charge in [0.25, 0.3) is 0 Å². The standard InChI is InChI=1S/C15H19BrO2/c1-10-6-7-13(8-11(10)2)18-15-12(9-17)4-3-5-14(15)16/h3-5,9-11,13H,6-8H2,1-2H3. The highest BCUT2D eigenvalue weighted by atomic mass is 79.9. The molecular weight excluding hydrogens is 292 g/mol. The molecule has 1 aliphatic rings. The Bertz CT molecular complexity index is 431. The van der Waals surface area contributed by atoms with E-state index < -0.39 is 0 Å². The molecule has 1 fully saturated rings. The fourth-order valence-corrected chi connectivity index (χ4v) is 2.99. The number of benzene rings is 1. The van der Waals surface area contributed by atoms with E-state index >= 15 is 0 Å². The highest BCUT2D eigenvalue weighted by Gasteiger charge is 2.26. The van der Waals surface area contributed by atoms with Crippen LogP contribution in [0.5, 0.6) is 5.75 Å². The van der Waals surface area contributed by atoms with Crippen LogP contribution in [0.25, 0.3) is 0 Å². The second-order valence-electron chi connectivity index (χ2n) is 5.28. The minimum Gasteiger partial charge on any atom is -0.488 e. The van der Waals surface area contributed by atoms with Gasteiger partial charge in [-0.25, -0.2) is 0 Å². The molecule has 2 rings (SSSR count). The highest BCUT2D eigenvalue weighted by molar-refractivity contribution is 9.10. The van der Waals surface area contributed by atoms with E-state index in [0.29, 0.717) is 17.2 Å². The lowest BCUT2D eigenvalue weighted by molar-refractivity contribution is 0.0970. The summed E-state index contributed by atoms with van der Waals surface area (Å²) in [7, 11) is 0. The Morgan fingerprint density at radius 2 is 2.06 bits per heavy atom. The molecule has 1 saturated carbocycles. The fourth-order valence-electron chi connectivity index (χ4n) is 2.51. The van der Waals surface area contributed by atoms with E-state index in [4.69, 9.17) is 4.74 Å². The number of rotatable bonds is 3. The molecule has 0 bridgehead atoms. The maximum absolute atomic E-state index is 11.0. The third-order valence-electron chi connectivity index (χ3n) is 3.96. The van der Waals surface area contributed by atoms with Crippen LogP contribution >= 0.6 is 15.9 Å². The number of hydrogen-bond acceptors (Lipinski definition) is 2. The number of carbonyl (C=O) groups excluding carboxylic acids is 1. The molecule has 3 atom stereocenters. The summed E-state index contributed by atoms with van der Waals surface area (Å²) >= 11 is 3.46. The van der Waals surface area contributed by atoms with Gasteiger partial charge in [-0.3, -0.25) is 4.79 Å². The van der Waals surface area contributed by atoms with Crippen molar-refractivity contribution in [1.82, 2.24) is 0 Å². The molecule has 0 radical (unpaired) electrons. The maximum Gasteiger partial charge on any atom is 0.153 e. The average molecular weight is 311 g/mol. The summed E-state index contributed by atoms with van der Waals surface area (Å²) in [6.45, 7) is 4.58. The second-order valence-corrected chi connectivity index (χ2v) is 6.14. The van der Waals surface area contributed by atoms with Crippen molar-refractivity contribution in [1.29, 1.82) is 0 Å². The van der Waals surface area contributed by atoms with Gasteiger partial charge < -0.3 is 4.74 Å². The van der Waals surface area contributed by atoms with Crippen molar-refractivity contribution in [2.24, 2.45) is 11.8 Å². The van der Waals surface area contributed by atoms with E-state index in [0.717, 1.165) is 29.5 Å². The molecule has 3 heteroatoms. The third-order valence-corrected chi connectivity index (χ3v) is 4.58. The lowest BCUT2D eigenvalue weighted by Gasteiger charge is -2.32. The van der Waals surface area contributed by atoms with Crippen molar-refractivity contribution in [2.75, 3.05) is 0 Å². The quantitative estimate of drug-likeness (QED) is 0.770. The van der Waals surface area contributed by atoms with E-state index in [2.05, 4.69) is 29.8 Å². The van der Waals surface area contributed by atoms with Gasteiger partial charge in [0.2, 0.25) is 0 Å². The summed E-state index contributed by atoms with van der Waals surface area (Å²) < 4.78 is 6.91. The van der Waals surface area contributed by atoms with Gasteiger partial charge in [-0.2, -0.15) is 0 Å². The first kappa shape index (κ1) is 13.6. The Hall–Kier alpha value is -0.830. The maximum atomic E-state index is 11.0. The Balaban J connectivity index is 2.12. The van der Waals surface area contributed by atoms with Gasteiger partial charge >= 0.3 is 0 Å². The smallest absolute Gasteiger partial charge is 0.153 e. The van der Waals surface area contributed by atoms with Crippen molar-refractivity contribution in [3.63, 3.8) is 0 Å². The van der Waals surface area contributed by atoms with Crippen LogP contribution in [0.4, 0.5) is 0 Å². The molecule has 0 amide bonds. The Morgan fingerprint density at radius 1 is 1.28 bits per heavy atom. The normalized spacial score (nSPS) is 27.8. The molecule has 0 aromatic heterocycles. The SMILES string of the molecule is CC1CCC(Oc2c(Br)cccc2C=O)CC1C. The molecule has 98 valence electrons. The molecule has 0 saturated heterocycles. The lowest BCUT2D eigenvalue weighted by Crippen LogP contribution is -2.29. The molecule has 2 nitrogen and oxygen atoms in total. The predicted octanol–water partition coefficient (Wildman–Crippen LogP) is 4.47. The number of halogens is 1. The molecule has 0 spiro atoms. The number of aldehydes is 1. The molecule has 0 heterocycles. The highest BCUT2D eigenvalue weighted by Crippen LogP contribution is 2.35. The summed E-state index contributed by atoms with van der Waals surface area (Å²) in [6.07, 6.45) is 4.43. The monoisotopic (exact) mass is 310 g/mol. The first-order valence-corrected chi connectivity index (χ1v) is 7.31. The van der Waals surface area contributed by atoms with Crippen LogP contribution in [0, 0.1) is 11.8 Å². The van der Waals surface area contributed by atoms with E-state index in [1.165, 1.54) is 6.42 Å². The van der Waals surface area contributed by atoms with E-state index in [9.17, 15) is 4.79 Å². The van der Waals surface area contributed by atoms with E-state index in [-0.39, 0.29) is 6.10 Å². The van der Waals surface area contributed by atoms with Crippen LogP contribution in [0.3, 0.4) is 0 Å². The minimum atomic E-state index is 0.230. The van der Waals surface area contributed by atoms with Crippen LogP contribution < -0.4 is 4.74 Å². The van der Waals surface area contributed by atoms with Crippen molar-refractivity contribution in [3.05, 3.63) is 28.2 Å². The first-order valence-electron chi connectivity index (χ1n) is 6.52. The average Bonchev–Trinajstić information content (AvgIpc) is 2.36. The lowest BCUT2D eigenvalue weighted by atomic mass is 9.80. The fraction of sp³-hybridized carbons (Fsp3) is 0.533. The number of para-hydroxylation sites is 1. The summed E-state index contributed by atoms with van der Waals surface area (Å²) in [5.74, 6) is 2.15. The molecule has 1 aliphatic carbocycles. The Morgan fingerprint density at radius 3 is 2.72 bits per heavy atom. The molecule has 1 aromatic rings. The van der Waals surface area contributed by atoms with Crippen LogP contribution in [-0.4, -0.2) is 12.4 Å². The number of ether oxygens (including phenoxy) is 1. The van der Waals surface area contributed by atoms with E-state index in [1.807, 2.05) is 12.1 Å². The minimum absolute atomic E-state index is 0.230. The van der Waals surface area contributed by atoms with Crippen molar-refractivity contribution < 1.29 is 9.53 Å². The van der Waals surface area contributed by atoms with Crippen molar-refractivity contribution >= 4 is 22.2 Å². The largest absolute Gasteiger partial charge is 0.488 e. The predicted molar refractivity (Wildman–Crippen MR) is 76.1 cm³/mol. The summed E-state index contributed by atoms with van der Waals surface area (Å²) in [4.78, 5) is 11.0. The van der Waals surface area contributed by atoms with Gasteiger partial charge in [0.1, 0.15) is 5.75 Å². The molecular formula is C15H19BrO2. The molecule has 3 unspecified atom stereocenters. The van der Waals surface area contributed by atoms with Gasteiger partial charge in [0.15, 0.2) is 6.29 Å². The summed E-state index contributed by atoms with van der Waals surface area (Å²) in [5, 5.41) is 0. The van der Waals surface area contributed by atoms with Crippen LogP contribution in [0.15, 0.2) is 22.7 Å². The van der Waals surface area contributed by atoms with Gasteiger partial charge in [-0.15, -0.1) is 0 Å². The number of hydrogen-bond donors (Lipinski definition) is 0. The zero-order chi connectivity index (χ0) is 13.1. The summed E-state index contributed by atoms with van der Waals surface area (Å²) in [6, 6.07) is 5.56. The second kappa shape index (κ2) is 5.87. The topological polar surface area (TPSA) is 26.3 Å². The Kier molecular flexibility index (Phi) is 4.44. The van der Waals surface area contributed by atoms with Crippen molar-refractivity contribution in [2.45, 2.75) is 39.2 Å². The number of carbonyl (C=O) groups is 1. The first-order chi connectivity index (χ1) is 8.61. The molecule has 18 heavy (non-hydrogen) atoms. The van der Waals surface area contributed by atoms with Crippen molar-refractivity contribution in [3.8, 4) is 5.75 Å². The van der Waals surface area contributed by atoms with Crippen LogP contribution in [0.2, 0.25) is 0 Å². The molecule has 0 aliphatic heterocycles. The van der Waals surface area contributed by atoms with Gasteiger partial charge in [0.05, 0.1) is 16.1 Å². The molecule has 1 aromatic carbocycles. The van der Waals surface area contributed by atoms with Gasteiger partial charge in [0, 0.05) is 0 Å². The van der Waals surface area contributed by atoms with Crippen LogP contribution in [-0.2, 0) is 0 Å². The zero-order valence-corrected chi connectivity index (χ0v) is 12.4. The third kappa shape index (κ3) is 2.94. The summed E-state index contributed by atoms with van der Waals surface area (Å²) in [5.41, 5.74) is 0.621. The van der Waals surface area contributed by atoms with Gasteiger partial charge in [-0.05, 0) is 59.2 Å². The van der Waals surface area contributed by atoms with Gasteiger partial charge in [-0.1, -0.05) is 19.9 Å². The van der Waals surface area contributed by atoms with E-state index in [1.54, 1.807) is 6.07 Å². The molecule has 0 N–H and O–H groups in total. The Labute approximate surface area is 117 Å². The zero-order valence-electron chi connectivity index (χ0n) is 10.9.